The van der Waals surface area contributed by atoms with Crippen molar-refractivity contribution < 1.29 is 4.79 Å². The van der Waals surface area contributed by atoms with Crippen LogP contribution in [0.25, 0.3) is 0 Å². The Morgan fingerprint density at radius 3 is 2.58 bits per heavy atom. The van der Waals surface area contributed by atoms with Crippen molar-refractivity contribution in [1.82, 2.24) is 14.8 Å². The van der Waals surface area contributed by atoms with Crippen LogP contribution in [0.1, 0.15) is 42.6 Å². The van der Waals surface area contributed by atoms with E-state index in [0.717, 1.165) is 38.4 Å². The summed E-state index contributed by atoms with van der Waals surface area (Å²) in [6, 6.07) is 11.9. The number of anilines is 2. The zero-order valence-corrected chi connectivity index (χ0v) is 15.9. The fourth-order valence-corrected chi connectivity index (χ4v) is 3.33. The molecule has 138 valence electrons. The minimum absolute atomic E-state index is 0.0864. The third kappa shape index (κ3) is 4.22. The topological polar surface area (TPSA) is 48.5 Å². The van der Waals surface area contributed by atoms with Gasteiger partial charge in [0.2, 0.25) is 0 Å². The van der Waals surface area contributed by atoms with Gasteiger partial charge in [0.15, 0.2) is 0 Å². The van der Waals surface area contributed by atoms with Gasteiger partial charge in [0.05, 0.1) is 0 Å². The first kappa shape index (κ1) is 18.4. The van der Waals surface area contributed by atoms with Gasteiger partial charge >= 0.3 is 0 Å². The third-order valence-corrected chi connectivity index (χ3v) is 4.96. The van der Waals surface area contributed by atoms with E-state index in [1.54, 1.807) is 12.3 Å². The molecule has 0 saturated carbocycles. The Morgan fingerprint density at radius 1 is 1.15 bits per heavy atom. The Hall–Kier alpha value is -2.40. The second kappa shape index (κ2) is 8.32. The van der Waals surface area contributed by atoms with Crippen molar-refractivity contribution in [1.29, 1.82) is 0 Å². The second-order valence-corrected chi connectivity index (χ2v) is 7.02. The Balaban J connectivity index is 1.74. The lowest BCUT2D eigenvalue weighted by Crippen LogP contribution is -2.48. The van der Waals surface area contributed by atoms with Gasteiger partial charge in [-0.15, -0.1) is 0 Å². The van der Waals surface area contributed by atoms with Crippen molar-refractivity contribution >= 4 is 17.4 Å². The number of para-hydroxylation sites is 1. The number of amides is 1. The number of hydrogen-bond acceptors (Lipinski definition) is 4. The molecule has 0 aliphatic carbocycles. The summed E-state index contributed by atoms with van der Waals surface area (Å²) in [5.74, 6) is 1.21. The summed E-state index contributed by atoms with van der Waals surface area (Å²) in [7, 11) is 0. The molecular formula is C21H28N4O. The number of carbonyl (C=O) groups excluding carboxylic acids is 1. The lowest BCUT2D eigenvalue weighted by molar-refractivity contribution is 0.0643. The van der Waals surface area contributed by atoms with Crippen molar-refractivity contribution in [3.05, 3.63) is 53.7 Å². The fraction of sp³-hybridized carbons (Fsp3) is 0.429. The molecule has 3 rings (SSSR count). The van der Waals surface area contributed by atoms with E-state index < -0.39 is 0 Å². The van der Waals surface area contributed by atoms with Crippen LogP contribution in [0.15, 0.2) is 42.6 Å². The van der Waals surface area contributed by atoms with Crippen molar-refractivity contribution in [2.75, 3.05) is 38.0 Å². The molecule has 1 fully saturated rings. The molecule has 1 N–H and O–H groups in total. The number of nitrogens with zero attached hydrogens (tertiary/aromatic N) is 3. The maximum atomic E-state index is 12.8. The van der Waals surface area contributed by atoms with Crippen LogP contribution in [0.3, 0.4) is 0 Å². The fourth-order valence-electron chi connectivity index (χ4n) is 3.33. The summed E-state index contributed by atoms with van der Waals surface area (Å²) < 4.78 is 0. The van der Waals surface area contributed by atoms with Crippen LogP contribution in [0.5, 0.6) is 0 Å². The number of carbonyl (C=O) groups is 1. The summed E-state index contributed by atoms with van der Waals surface area (Å²) in [4.78, 5) is 21.5. The maximum absolute atomic E-state index is 12.8. The average molecular weight is 352 g/mol. The first-order valence-electron chi connectivity index (χ1n) is 9.42. The summed E-state index contributed by atoms with van der Waals surface area (Å²) >= 11 is 0. The minimum Gasteiger partial charge on any atom is -0.340 e. The van der Waals surface area contributed by atoms with Crippen molar-refractivity contribution in [2.24, 2.45) is 0 Å². The summed E-state index contributed by atoms with van der Waals surface area (Å²) in [5, 5.41) is 3.38. The van der Waals surface area contributed by atoms with Crippen LogP contribution in [0, 0.1) is 0 Å². The van der Waals surface area contributed by atoms with Gasteiger partial charge in [-0.2, -0.15) is 0 Å². The molecule has 1 saturated heterocycles. The Morgan fingerprint density at radius 2 is 1.88 bits per heavy atom. The van der Waals surface area contributed by atoms with Gasteiger partial charge in [0.1, 0.15) is 5.82 Å². The molecule has 1 aliphatic rings. The standard InChI is InChI=1S/C21H28N4O/c1-4-24-11-13-25(14-12-24)21(26)17-9-10-22-20(15-17)23-19-8-6-5-7-18(19)16(2)3/h5-10,15-16H,4,11-14H2,1-3H3,(H,22,23). The van der Waals surface area contributed by atoms with Crippen LogP contribution in [-0.2, 0) is 0 Å². The van der Waals surface area contributed by atoms with E-state index in [0.29, 0.717) is 17.3 Å². The van der Waals surface area contributed by atoms with E-state index >= 15 is 0 Å². The largest absolute Gasteiger partial charge is 0.340 e. The summed E-state index contributed by atoms with van der Waals surface area (Å²) in [6.07, 6.45) is 1.70. The Kier molecular flexibility index (Phi) is 5.89. The smallest absolute Gasteiger partial charge is 0.254 e. The molecule has 2 aromatic rings. The average Bonchev–Trinajstić information content (AvgIpc) is 2.68. The van der Waals surface area contributed by atoms with E-state index in [2.05, 4.69) is 48.1 Å². The summed E-state index contributed by atoms with van der Waals surface area (Å²) in [5.41, 5.74) is 2.97. The first-order valence-corrected chi connectivity index (χ1v) is 9.42. The first-order chi connectivity index (χ1) is 12.6. The van der Waals surface area contributed by atoms with Crippen molar-refractivity contribution in [3.8, 4) is 0 Å². The van der Waals surface area contributed by atoms with E-state index in [-0.39, 0.29) is 5.91 Å². The Bertz CT molecular complexity index is 751. The van der Waals surface area contributed by atoms with E-state index in [9.17, 15) is 4.79 Å². The number of rotatable bonds is 5. The van der Waals surface area contributed by atoms with Crippen LogP contribution in [0.4, 0.5) is 11.5 Å². The van der Waals surface area contributed by atoms with Crippen molar-refractivity contribution in [3.63, 3.8) is 0 Å². The lowest BCUT2D eigenvalue weighted by atomic mass is 10.0. The highest BCUT2D eigenvalue weighted by Gasteiger charge is 2.21. The minimum atomic E-state index is 0.0864. The molecule has 5 nitrogen and oxygen atoms in total. The molecule has 26 heavy (non-hydrogen) atoms. The Labute approximate surface area is 156 Å². The second-order valence-electron chi connectivity index (χ2n) is 7.02. The number of likely N-dealkylation sites (N-methyl/N-ethyl adjacent to an activating group) is 1. The van der Waals surface area contributed by atoms with Gasteiger partial charge in [-0.3, -0.25) is 4.79 Å². The molecule has 1 aromatic carbocycles. The zero-order chi connectivity index (χ0) is 18.5. The molecule has 0 bridgehead atoms. The number of nitrogens with one attached hydrogen (secondary N) is 1. The molecule has 0 radical (unpaired) electrons. The van der Waals surface area contributed by atoms with Gasteiger partial charge in [-0.05, 0) is 36.2 Å². The number of hydrogen-bond donors (Lipinski definition) is 1. The molecule has 2 heterocycles. The molecule has 0 unspecified atom stereocenters. The van der Waals surface area contributed by atoms with Crippen LogP contribution in [-0.4, -0.2) is 53.4 Å². The highest BCUT2D eigenvalue weighted by atomic mass is 16.2. The molecular weight excluding hydrogens is 324 g/mol. The highest BCUT2D eigenvalue weighted by molar-refractivity contribution is 5.95. The van der Waals surface area contributed by atoms with Crippen LogP contribution < -0.4 is 5.32 Å². The van der Waals surface area contributed by atoms with Gasteiger partial charge in [0.25, 0.3) is 5.91 Å². The third-order valence-electron chi connectivity index (χ3n) is 4.96. The normalized spacial score (nSPS) is 15.3. The molecule has 1 amide bonds. The van der Waals surface area contributed by atoms with Gasteiger partial charge in [-0.25, -0.2) is 4.98 Å². The molecule has 1 aromatic heterocycles. The number of benzene rings is 1. The van der Waals surface area contributed by atoms with E-state index in [4.69, 9.17) is 0 Å². The van der Waals surface area contributed by atoms with Gasteiger partial charge < -0.3 is 15.1 Å². The van der Waals surface area contributed by atoms with E-state index in [1.807, 2.05) is 23.1 Å². The highest BCUT2D eigenvalue weighted by Crippen LogP contribution is 2.26. The number of pyridine rings is 1. The monoisotopic (exact) mass is 352 g/mol. The summed E-state index contributed by atoms with van der Waals surface area (Å²) in [6.45, 7) is 11.0. The predicted octanol–water partition coefficient (Wildman–Crippen LogP) is 3.73. The molecule has 0 spiro atoms. The molecule has 1 aliphatic heterocycles. The SMILES string of the molecule is CCN1CCN(C(=O)c2ccnc(Nc3ccccc3C(C)C)c2)CC1. The maximum Gasteiger partial charge on any atom is 0.254 e. The number of piperazine rings is 1. The van der Waals surface area contributed by atoms with E-state index in [1.165, 1.54) is 5.56 Å². The zero-order valence-electron chi connectivity index (χ0n) is 15.9. The van der Waals surface area contributed by atoms with Crippen LogP contribution >= 0.6 is 0 Å². The van der Waals surface area contributed by atoms with Crippen molar-refractivity contribution in [2.45, 2.75) is 26.7 Å². The van der Waals surface area contributed by atoms with Gasteiger partial charge in [0, 0.05) is 43.6 Å². The quantitative estimate of drug-likeness (QED) is 0.891. The lowest BCUT2D eigenvalue weighted by Gasteiger charge is -2.34. The molecule has 5 heteroatoms. The predicted molar refractivity (Wildman–Crippen MR) is 106 cm³/mol. The molecule has 0 atom stereocenters. The number of aromatic nitrogens is 1. The van der Waals surface area contributed by atoms with Gasteiger partial charge in [-0.1, -0.05) is 39.0 Å². The van der Waals surface area contributed by atoms with Crippen LogP contribution in [0.2, 0.25) is 0 Å².